The molecule has 9 heteroatoms. The van der Waals surface area contributed by atoms with E-state index in [4.69, 9.17) is 14.6 Å². The van der Waals surface area contributed by atoms with E-state index in [9.17, 15) is 19.7 Å². The van der Waals surface area contributed by atoms with Gasteiger partial charge in [-0.1, -0.05) is 0 Å². The molecule has 1 atom stereocenters. The second-order valence-corrected chi connectivity index (χ2v) is 5.93. The third kappa shape index (κ3) is 6.95. The highest BCUT2D eigenvalue weighted by molar-refractivity contribution is 5.79. The summed E-state index contributed by atoms with van der Waals surface area (Å²) in [5, 5.41) is 21.9. The summed E-state index contributed by atoms with van der Waals surface area (Å²) in [6.07, 6.45) is -0.823. The molecule has 9 nitrogen and oxygen atoms in total. The molecule has 0 bridgehead atoms. The second-order valence-electron chi connectivity index (χ2n) is 5.93. The van der Waals surface area contributed by atoms with Gasteiger partial charge in [-0.05, 0) is 32.9 Å². The summed E-state index contributed by atoms with van der Waals surface area (Å²) in [5.41, 5.74) is -0.806. The molecule has 0 saturated heterocycles. The van der Waals surface area contributed by atoms with Gasteiger partial charge >= 0.3 is 12.1 Å². The molecule has 1 rings (SSSR count). The number of ether oxygens (including phenoxy) is 2. The number of aliphatic carboxylic acids is 1. The molecule has 0 unspecified atom stereocenters. The van der Waals surface area contributed by atoms with E-state index in [1.807, 2.05) is 0 Å². The predicted molar refractivity (Wildman–Crippen MR) is 84.0 cm³/mol. The molecule has 0 saturated carbocycles. The van der Waals surface area contributed by atoms with Gasteiger partial charge in [-0.3, -0.25) is 10.1 Å². The highest BCUT2D eigenvalue weighted by Crippen LogP contribution is 2.17. The Morgan fingerprint density at radius 2 is 1.88 bits per heavy atom. The lowest BCUT2D eigenvalue weighted by molar-refractivity contribution is -0.384. The number of carboxylic acids is 1. The van der Waals surface area contributed by atoms with E-state index in [1.54, 1.807) is 20.8 Å². The molecule has 0 aliphatic rings. The number of carbonyl (C=O) groups excluding carboxylic acids is 1. The first-order chi connectivity index (χ1) is 11.1. The highest BCUT2D eigenvalue weighted by atomic mass is 16.6. The third-order valence-corrected chi connectivity index (χ3v) is 2.71. The van der Waals surface area contributed by atoms with Crippen molar-refractivity contribution in [2.75, 3.05) is 6.61 Å². The molecule has 0 aliphatic heterocycles. The summed E-state index contributed by atoms with van der Waals surface area (Å²) >= 11 is 0. The number of nitrogens with one attached hydrogen (secondary N) is 1. The molecule has 0 aliphatic carbocycles. The standard InChI is InChI=1S/C15H20N2O7/c1-15(2,3)24-14(20)16-12(13(18)19)8-9-23-11-6-4-10(5-7-11)17(21)22/h4-7,12H,8-9H2,1-3H3,(H,16,20)(H,18,19)/t12-/m0/s1. The summed E-state index contributed by atoms with van der Waals surface area (Å²) in [6.45, 7) is 5.00. The Morgan fingerprint density at radius 1 is 1.29 bits per heavy atom. The maximum absolute atomic E-state index is 11.6. The van der Waals surface area contributed by atoms with Crippen LogP contribution in [0.1, 0.15) is 27.2 Å². The van der Waals surface area contributed by atoms with Crippen molar-refractivity contribution in [2.24, 2.45) is 0 Å². The van der Waals surface area contributed by atoms with E-state index in [0.29, 0.717) is 5.75 Å². The number of nitro groups is 1. The van der Waals surface area contributed by atoms with E-state index in [1.165, 1.54) is 24.3 Å². The predicted octanol–water partition coefficient (Wildman–Crippen LogP) is 2.34. The number of carboxylic acid groups (broad SMARTS) is 1. The van der Waals surface area contributed by atoms with Crippen molar-refractivity contribution in [3.63, 3.8) is 0 Å². The van der Waals surface area contributed by atoms with Crippen molar-refractivity contribution >= 4 is 17.7 Å². The van der Waals surface area contributed by atoms with Crippen molar-refractivity contribution in [1.82, 2.24) is 5.32 Å². The number of alkyl carbamates (subject to hydrolysis) is 1. The van der Waals surface area contributed by atoms with Gasteiger partial charge in [-0.15, -0.1) is 0 Å². The molecule has 1 aromatic rings. The van der Waals surface area contributed by atoms with Crippen molar-refractivity contribution in [1.29, 1.82) is 0 Å². The van der Waals surface area contributed by atoms with Crippen molar-refractivity contribution < 1.29 is 29.1 Å². The van der Waals surface area contributed by atoms with Crippen LogP contribution in [0.4, 0.5) is 10.5 Å². The molecule has 0 heterocycles. The zero-order valence-electron chi connectivity index (χ0n) is 13.6. The molecule has 1 aromatic carbocycles. The van der Waals surface area contributed by atoms with Gasteiger partial charge in [-0.2, -0.15) is 0 Å². The number of carbonyl (C=O) groups is 2. The number of non-ortho nitro benzene ring substituents is 1. The molecular formula is C15H20N2O7. The van der Waals surface area contributed by atoms with Crippen LogP contribution in [-0.4, -0.2) is 40.3 Å². The lowest BCUT2D eigenvalue weighted by atomic mass is 10.2. The first-order valence-electron chi connectivity index (χ1n) is 7.18. The van der Waals surface area contributed by atoms with Gasteiger partial charge in [0.2, 0.25) is 0 Å². The molecule has 24 heavy (non-hydrogen) atoms. The number of rotatable bonds is 7. The lowest BCUT2D eigenvalue weighted by Gasteiger charge is -2.22. The van der Waals surface area contributed by atoms with Gasteiger partial charge in [0, 0.05) is 18.6 Å². The second kappa shape index (κ2) is 8.14. The van der Waals surface area contributed by atoms with Gasteiger partial charge in [0.15, 0.2) is 0 Å². The fraction of sp³-hybridized carbons (Fsp3) is 0.467. The number of benzene rings is 1. The van der Waals surface area contributed by atoms with Crippen molar-refractivity contribution in [3.05, 3.63) is 34.4 Å². The minimum atomic E-state index is -1.21. The van der Waals surface area contributed by atoms with E-state index in [0.717, 1.165) is 0 Å². The van der Waals surface area contributed by atoms with Crippen LogP contribution in [-0.2, 0) is 9.53 Å². The normalized spacial score (nSPS) is 12.1. The summed E-state index contributed by atoms with van der Waals surface area (Å²) in [7, 11) is 0. The first kappa shape index (κ1) is 19.2. The molecule has 0 spiro atoms. The summed E-state index contributed by atoms with van der Waals surface area (Å²) < 4.78 is 10.3. The van der Waals surface area contributed by atoms with E-state index in [-0.39, 0.29) is 18.7 Å². The topological polar surface area (TPSA) is 128 Å². The first-order valence-corrected chi connectivity index (χ1v) is 7.18. The van der Waals surface area contributed by atoms with Crippen molar-refractivity contribution in [2.45, 2.75) is 38.8 Å². The minimum Gasteiger partial charge on any atom is -0.493 e. The Balaban J connectivity index is 2.50. The molecule has 2 N–H and O–H groups in total. The fourth-order valence-electron chi connectivity index (χ4n) is 1.67. The number of amides is 1. The van der Waals surface area contributed by atoms with Crippen LogP contribution in [0.2, 0.25) is 0 Å². The van der Waals surface area contributed by atoms with Crippen LogP contribution < -0.4 is 10.1 Å². The van der Waals surface area contributed by atoms with E-state index >= 15 is 0 Å². The Labute approximate surface area is 138 Å². The van der Waals surface area contributed by atoms with E-state index < -0.39 is 28.6 Å². The van der Waals surface area contributed by atoms with Crippen molar-refractivity contribution in [3.8, 4) is 5.75 Å². The van der Waals surface area contributed by atoms with E-state index in [2.05, 4.69) is 5.32 Å². The maximum atomic E-state index is 11.6. The van der Waals surface area contributed by atoms with Crippen LogP contribution in [0.5, 0.6) is 5.75 Å². The Kier molecular flexibility index (Phi) is 6.51. The lowest BCUT2D eigenvalue weighted by Crippen LogP contribution is -2.44. The van der Waals surface area contributed by atoms with Crippen LogP contribution in [0.15, 0.2) is 24.3 Å². The summed E-state index contributed by atoms with van der Waals surface area (Å²) in [6, 6.07) is 4.22. The number of hydrogen-bond acceptors (Lipinski definition) is 6. The average molecular weight is 340 g/mol. The average Bonchev–Trinajstić information content (AvgIpc) is 2.44. The zero-order valence-corrected chi connectivity index (χ0v) is 13.6. The van der Waals surface area contributed by atoms with Gasteiger partial charge < -0.3 is 19.9 Å². The molecule has 132 valence electrons. The largest absolute Gasteiger partial charge is 0.493 e. The number of nitrogens with zero attached hydrogens (tertiary/aromatic N) is 1. The SMILES string of the molecule is CC(C)(C)OC(=O)N[C@@H](CCOc1ccc([N+](=O)[O-])cc1)C(=O)O. The molecule has 0 radical (unpaired) electrons. The van der Waals surface area contributed by atoms with Gasteiger partial charge in [0.05, 0.1) is 11.5 Å². The van der Waals surface area contributed by atoms with Crippen LogP contribution in [0, 0.1) is 10.1 Å². The maximum Gasteiger partial charge on any atom is 0.408 e. The minimum absolute atomic E-state index is 0.00454. The van der Waals surface area contributed by atoms with Gasteiger partial charge in [-0.25, -0.2) is 9.59 Å². The van der Waals surface area contributed by atoms with Crippen LogP contribution in [0.3, 0.4) is 0 Å². The van der Waals surface area contributed by atoms with Crippen LogP contribution in [0.25, 0.3) is 0 Å². The quantitative estimate of drug-likeness (QED) is 0.576. The molecule has 0 fully saturated rings. The zero-order chi connectivity index (χ0) is 18.3. The molecule has 0 aromatic heterocycles. The Bertz CT molecular complexity index is 593. The summed E-state index contributed by atoms with van der Waals surface area (Å²) in [4.78, 5) is 32.8. The highest BCUT2D eigenvalue weighted by Gasteiger charge is 2.23. The molecular weight excluding hydrogens is 320 g/mol. The van der Waals surface area contributed by atoms with Crippen LogP contribution >= 0.6 is 0 Å². The Morgan fingerprint density at radius 3 is 2.33 bits per heavy atom. The summed E-state index contributed by atoms with van der Waals surface area (Å²) in [5.74, 6) is -0.852. The number of hydrogen-bond donors (Lipinski definition) is 2. The Hall–Kier alpha value is -2.84. The monoisotopic (exact) mass is 340 g/mol. The fourth-order valence-corrected chi connectivity index (χ4v) is 1.67. The van der Waals surface area contributed by atoms with Gasteiger partial charge in [0.25, 0.3) is 5.69 Å². The molecule has 1 amide bonds. The smallest absolute Gasteiger partial charge is 0.408 e. The third-order valence-electron chi connectivity index (χ3n) is 2.71. The van der Waals surface area contributed by atoms with Gasteiger partial charge in [0.1, 0.15) is 17.4 Å². The number of nitro benzene ring substituents is 1.